The quantitative estimate of drug-likeness (QED) is 0.326. The molecule has 5 N–H and O–H groups in total. The molecule has 0 bridgehead atoms. The molecule has 12 heteroatoms. The topological polar surface area (TPSA) is 157 Å². The molecule has 0 radical (unpaired) electrons. The molecule has 2 fully saturated rings. The summed E-state index contributed by atoms with van der Waals surface area (Å²) < 4.78 is 33.3. The molecule has 6 rings (SSSR count). The number of hydrogen-bond acceptors (Lipinski definition) is 10. The highest BCUT2D eigenvalue weighted by Crippen LogP contribution is 2.55. The number of anilines is 1. The van der Waals surface area contributed by atoms with Gasteiger partial charge in [0.1, 0.15) is 24.4 Å². The predicted octanol–water partition coefficient (Wildman–Crippen LogP) is 2.54. The second kappa shape index (κ2) is 9.94. The summed E-state index contributed by atoms with van der Waals surface area (Å²) >= 11 is 1.46. The smallest absolute Gasteiger partial charge is 0.333 e. The van der Waals surface area contributed by atoms with E-state index < -0.39 is 28.4 Å². The Bertz CT molecular complexity index is 1430. The molecule has 2 aliphatic carbocycles. The average Bonchev–Trinajstić information content (AvgIpc) is 3.34. The number of aliphatic hydroxyl groups is 2. The van der Waals surface area contributed by atoms with Crippen molar-refractivity contribution >= 4 is 27.5 Å². The van der Waals surface area contributed by atoms with Gasteiger partial charge in [-0.1, -0.05) is 24.3 Å². The van der Waals surface area contributed by atoms with Crippen LogP contribution in [0.1, 0.15) is 65.0 Å². The second-order valence-corrected chi connectivity index (χ2v) is 12.7. The van der Waals surface area contributed by atoms with E-state index in [0.717, 1.165) is 23.3 Å². The van der Waals surface area contributed by atoms with Crippen molar-refractivity contribution in [3.8, 4) is 0 Å². The Hall–Kier alpha value is -2.45. The number of ether oxygens (including phenoxy) is 1. The summed E-state index contributed by atoms with van der Waals surface area (Å²) in [5, 5.41) is 31.9. The number of nitrogens with two attached hydrogens (primary N) is 1. The zero-order chi connectivity index (χ0) is 26.5. The Morgan fingerprint density at radius 2 is 2.11 bits per heavy atom. The molecule has 1 aromatic carbocycles. The number of thiophene rings is 1. The Morgan fingerprint density at radius 1 is 1.29 bits per heavy atom. The van der Waals surface area contributed by atoms with Crippen molar-refractivity contribution in [2.24, 2.45) is 11.1 Å². The van der Waals surface area contributed by atoms with Crippen molar-refractivity contribution in [1.82, 2.24) is 9.97 Å². The lowest BCUT2D eigenvalue weighted by atomic mass is 9.85. The third kappa shape index (κ3) is 5.09. The molecule has 38 heavy (non-hydrogen) atoms. The van der Waals surface area contributed by atoms with E-state index in [1.165, 1.54) is 28.8 Å². The molecule has 1 aliphatic heterocycles. The fourth-order valence-electron chi connectivity index (χ4n) is 5.70. The first kappa shape index (κ1) is 25.8. The van der Waals surface area contributed by atoms with Gasteiger partial charge in [-0.2, -0.15) is 8.42 Å². The minimum Gasteiger partial charge on any atom is -0.393 e. The monoisotopic (exact) mass is 558 g/mol. The standard InChI is InChI=1S/C26H30N4O6S2/c27-38(33,34)36-11-15-7-17(9-21(15)31)30-25-19(10-28-14-29-25)23(32)22-8-16(12-37-22)24-18-3-1-2-4-20(18)26(5-6-26)13-35-24/h1-4,8,10,12,14-15,17,21,23-24,31-32H,5-7,9,11,13H2,(H2,27,33,34)(H,28,29,30)/t15-,17-,21+,23?,24?/m1/s1. The summed E-state index contributed by atoms with van der Waals surface area (Å²) in [4.78, 5) is 9.21. The average molecular weight is 559 g/mol. The van der Waals surface area contributed by atoms with Crippen LogP contribution in [0.25, 0.3) is 0 Å². The summed E-state index contributed by atoms with van der Waals surface area (Å²) in [6.45, 7) is 0.516. The number of fused-ring (bicyclic) bond motifs is 2. The summed E-state index contributed by atoms with van der Waals surface area (Å²) in [6.07, 6.45) is 4.24. The minimum absolute atomic E-state index is 0.171. The van der Waals surface area contributed by atoms with Gasteiger partial charge in [0.25, 0.3) is 0 Å². The molecule has 1 spiro atoms. The van der Waals surface area contributed by atoms with Gasteiger partial charge < -0.3 is 20.3 Å². The van der Waals surface area contributed by atoms with Gasteiger partial charge >= 0.3 is 10.3 Å². The lowest BCUT2D eigenvalue weighted by molar-refractivity contribution is 0.0469. The molecule has 3 aliphatic rings. The van der Waals surface area contributed by atoms with E-state index in [1.807, 2.05) is 17.5 Å². The maximum Gasteiger partial charge on any atom is 0.333 e. The van der Waals surface area contributed by atoms with Gasteiger partial charge in [0.15, 0.2) is 0 Å². The lowest BCUT2D eigenvalue weighted by Gasteiger charge is -2.32. The van der Waals surface area contributed by atoms with E-state index in [1.54, 1.807) is 6.20 Å². The molecule has 0 saturated heterocycles. The highest BCUT2D eigenvalue weighted by atomic mass is 32.2. The molecule has 2 saturated carbocycles. The number of aliphatic hydroxyl groups excluding tert-OH is 2. The summed E-state index contributed by atoms with van der Waals surface area (Å²) in [5.41, 5.74) is 4.27. The van der Waals surface area contributed by atoms with E-state index in [4.69, 9.17) is 9.88 Å². The van der Waals surface area contributed by atoms with Crippen LogP contribution in [-0.4, -0.2) is 54.0 Å². The van der Waals surface area contributed by atoms with Crippen LogP contribution in [0.4, 0.5) is 5.82 Å². The van der Waals surface area contributed by atoms with E-state index in [0.29, 0.717) is 30.8 Å². The number of nitrogens with one attached hydrogen (secondary N) is 1. The Labute approximate surface area is 225 Å². The molecule has 3 heterocycles. The van der Waals surface area contributed by atoms with Crippen molar-refractivity contribution in [1.29, 1.82) is 0 Å². The zero-order valence-corrected chi connectivity index (χ0v) is 22.2. The summed E-state index contributed by atoms with van der Waals surface area (Å²) in [5.74, 6) is 0.0663. The number of nitrogens with zero attached hydrogens (tertiary/aromatic N) is 2. The minimum atomic E-state index is -4.08. The fraction of sp³-hybridized carbons (Fsp3) is 0.462. The first-order valence-electron chi connectivity index (χ1n) is 12.6. The molecule has 202 valence electrons. The SMILES string of the molecule is NS(=O)(=O)OC[C@H]1C[C@@H](Nc2ncncc2C(O)c2cc(C3OCC4(CC4)c4ccccc43)cs2)C[C@@H]1O. The third-order valence-corrected chi connectivity index (χ3v) is 9.35. The van der Waals surface area contributed by atoms with E-state index in [9.17, 15) is 18.6 Å². The molecule has 5 atom stereocenters. The van der Waals surface area contributed by atoms with Gasteiger partial charge in [-0.05, 0) is 53.8 Å². The van der Waals surface area contributed by atoms with Gasteiger partial charge in [0.05, 0.1) is 19.3 Å². The van der Waals surface area contributed by atoms with Crippen LogP contribution < -0.4 is 10.5 Å². The summed E-state index contributed by atoms with van der Waals surface area (Å²) in [7, 11) is -4.08. The molecule has 3 aromatic rings. The summed E-state index contributed by atoms with van der Waals surface area (Å²) in [6, 6.07) is 10.3. The van der Waals surface area contributed by atoms with Gasteiger partial charge in [0.2, 0.25) is 0 Å². The fourth-order valence-corrected chi connectivity index (χ4v) is 6.99. The van der Waals surface area contributed by atoms with Crippen molar-refractivity contribution in [2.45, 2.75) is 55.5 Å². The van der Waals surface area contributed by atoms with Crippen molar-refractivity contribution < 1.29 is 27.6 Å². The Morgan fingerprint density at radius 3 is 2.89 bits per heavy atom. The maximum atomic E-state index is 11.3. The van der Waals surface area contributed by atoms with Crippen molar-refractivity contribution in [3.05, 3.63) is 75.4 Å². The first-order valence-corrected chi connectivity index (χ1v) is 15.0. The number of rotatable bonds is 8. The van der Waals surface area contributed by atoms with Crippen LogP contribution in [-0.2, 0) is 24.6 Å². The van der Waals surface area contributed by atoms with Crippen LogP contribution in [0.2, 0.25) is 0 Å². The number of benzene rings is 1. The highest BCUT2D eigenvalue weighted by Gasteiger charge is 2.49. The zero-order valence-electron chi connectivity index (χ0n) is 20.6. The number of aromatic nitrogens is 2. The molecule has 0 amide bonds. The predicted molar refractivity (Wildman–Crippen MR) is 141 cm³/mol. The molecule has 2 aromatic heterocycles. The molecular weight excluding hydrogens is 528 g/mol. The van der Waals surface area contributed by atoms with Crippen molar-refractivity contribution in [3.63, 3.8) is 0 Å². The van der Waals surface area contributed by atoms with Crippen molar-refractivity contribution in [2.75, 3.05) is 18.5 Å². The third-order valence-electron chi connectivity index (χ3n) is 7.89. The molecule has 10 nitrogen and oxygen atoms in total. The van der Waals surface area contributed by atoms with Gasteiger partial charge in [0, 0.05) is 34.0 Å². The van der Waals surface area contributed by atoms with Gasteiger partial charge in [-0.15, -0.1) is 11.3 Å². The Balaban J connectivity index is 1.18. The maximum absolute atomic E-state index is 11.3. The van der Waals surface area contributed by atoms with Crippen LogP contribution in [0.3, 0.4) is 0 Å². The number of hydrogen-bond donors (Lipinski definition) is 4. The largest absolute Gasteiger partial charge is 0.393 e. The Kier molecular flexibility index (Phi) is 6.75. The van der Waals surface area contributed by atoms with Crippen LogP contribution in [0.15, 0.2) is 48.2 Å². The van der Waals surface area contributed by atoms with E-state index in [2.05, 4.69) is 37.7 Å². The molecule has 2 unspecified atom stereocenters. The highest BCUT2D eigenvalue weighted by molar-refractivity contribution is 7.84. The van der Waals surface area contributed by atoms with Gasteiger partial charge in [-0.3, -0.25) is 4.18 Å². The first-order chi connectivity index (χ1) is 18.2. The normalized spacial score (nSPS) is 26.7. The van der Waals surface area contributed by atoms with Crippen LogP contribution in [0.5, 0.6) is 0 Å². The second-order valence-electron chi connectivity index (χ2n) is 10.5. The van der Waals surface area contributed by atoms with E-state index in [-0.39, 0.29) is 24.2 Å². The molecular formula is C26H30N4O6S2. The lowest BCUT2D eigenvalue weighted by Crippen LogP contribution is -2.26. The van der Waals surface area contributed by atoms with Gasteiger partial charge in [-0.25, -0.2) is 15.1 Å². The van der Waals surface area contributed by atoms with E-state index >= 15 is 0 Å². The van der Waals surface area contributed by atoms with Crippen LogP contribution in [0, 0.1) is 5.92 Å². The van der Waals surface area contributed by atoms with Crippen LogP contribution >= 0.6 is 11.3 Å².